The van der Waals surface area contributed by atoms with E-state index in [1.165, 1.54) is 25.7 Å². The van der Waals surface area contributed by atoms with Gasteiger partial charge >= 0.3 is 35.8 Å². The quantitative estimate of drug-likeness (QED) is 0.112. The lowest BCUT2D eigenvalue weighted by Gasteiger charge is -2.00. The molecule has 0 aromatic carbocycles. The Balaban J connectivity index is 0.000000288. The van der Waals surface area contributed by atoms with Gasteiger partial charge in [-0.25, -0.2) is 0 Å². The van der Waals surface area contributed by atoms with Crippen LogP contribution in [0.25, 0.3) is 0 Å². The van der Waals surface area contributed by atoms with E-state index in [1.54, 1.807) is 0 Å². The Morgan fingerprint density at radius 2 is 1.05 bits per heavy atom. The van der Waals surface area contributed by atoms with Gasteiger partial charge in [-0.3, -0.25) is 28.8 Å². The minimum absolute atomic E-state index is 0.151. The van der Waals surface area contributed by atoms with E-state index in [0.29, 0.717) is 12.8 Å². The van der Waals surface area contributed by atoms with Gasteiger partial charge in [0.15, 0.2) is 0 Å². The predicted molar refractivity (Wildman–Crippen MR) is 135 cm³/mol. The number of unbranched alkanes of at least 4 members (excludes halogenated alkanes) is 5. The largest absolute Gasteiger partial charge is 0.393 e. The van der Waals surface area contributed by atoms with Gasteiger partial charge in [0.25, 0.3) is 0 Å². The number of allylic oxidation sites excluding steroid dienone is 2. The van der Waals surface area contributed by atoms with Crippen LogP contribution in [0.2, 0.25) is 0 Å². The van der Waals surface area contributed by atoms with Gasteiger partial charge in [0, 0.05) is 0 Å². The van der Waals surface area contributed by atoms with Crippen LogP contribution in [0.4, 0.5) is 0 Å². The van der Waals surface area contributed by atoms with Crippen molar-refractivity contribution in [1.82, 2.24) is 0 Å². The van der Waals surface area contributed by atoms with Crippen molar-refractivity contribution < 1.29 is 43.0 Å². The van der Waals surface area contributed by atoms with Crippen LogP contribution >= 0.6 is 0 Å². The maximum absolute atomic E-state index is 11.1. The molecule has 9 nitrogen and oxygen atoms in total. The molecule has 3 unspecified atom stereocenters. The van der Waals surface area contributed by atoms with Gasteiger partial charge in [-0.05, 0) is 32.1 Å². The average molecular weight is 523 g/mol. The Kier molecular flexibility index (Phi) is 16.0. The van der Waals surface area contributed by atoms with Gasteiger partial charge in [-0.1, -0.05) is 71.4 Å². The standard InChI is InChI=1S/C13H20O3.C8H12O3.C7H10O3/c1-2-3-4-5-6-7-8-9-11-10-12(14)16-13(11)15;1-2-3-4-6-5-7(9)11-8(6)10;1-2-3-5-4-6(8)10-7(5)9/h7-8,11H,2-6,9-10H2,1H3;6H,2-5H2,1H3;5H,2-4H2,1H3/b8-7+;;. The minimum atomic E-state index is -0.383. The molecule has 3 fully saturated rings. The molecule has 9 heteroatoms. The van der Waals surface area contributed by atoms with Gasteiger partial charge in [0.1, 0.15) is 0 Å². The average Bonchev–Trinajstić information content (AvgIpc) is 3.47. The maximum atomic E-state index is 11.1. The minimum Gasteiger partial charge on any atom is -0.393 e. The monoisotopic (exact) mass is 522 g/mol. The Hall–Kier alpha value is -2.84. The molecular formula is C28H42O9. The zero-order valence-corrected chi connectivity index (χ0v) is 22.5. The molecule has 3 heterocycles. The number of esters is 6. The first-order valence-electron chi connectivity index (χ1n) is 13.6. The van der Waals surface area contributed by atoms with Crippen molar-refractivity contribution >= 4 is 35.8 Å². The summed E-state index contributed by atoms with van der Waals surface area (Å²) in [5, 5.41) is 0. The van der Waals surface area contributed by atoms with Crippen molar-refractivity contribution in [2.45, 2.75) is 111 Å². The Morgan fingerprint density at radius 3 is 1.49 bits per heavy atom. The summed E-state index contributed by atoms with van der Waals surface area (Å²) in [6.45, 7) is 6.23. The van der Waals surface area contributed by atoms with Crippen LogP contribution in [-0.4, -0.2) is 35.8 Å². The normalized spacial score (nSPS) is 22.8. The second-order valence-electron chi connectivity index (χ2n) is 9.57. The van der Waals surface area contributed by atoms with Crippen LogP contribution < -0.4 is 0 Å². The highest BCUT2D eigenvalue weighted by Crippen LogP contribution is 2.22. The summed E-state index contributed by atoms with van der Waals surface area (Å²) in [4.78, 5) is 64.6. The van der Waals surface area contributed by atoms with Gasteiger partial charge in [0.05, 0.1) is 37.0 Å². The van der Waals surface area contributed by atoms with Crippen LogP contribution in [0.5, 0.6) is 0 Å². The number of cyclic esters (lactones) is 6. The molecule has 37 heavy (non-hydrogen) atoms. The van der Waals surface area contributed by atoms with Gasteiger partial charge in [-0.15, -0.1) is 0 Å². The van der Waals surface area contributed by atoms with E-state index in [2.05, 4.69) is 34.1 Å². The molecular weight excluding hydrogens is 480 g/mol. The van der Waals surface area contributed by atoms with Crippen molar-refractivity contribution in [2.24, 2.45) is 17.8 Å². The zero-order chi connectivity index (χ0) is 27.6. The number of hydrogen-bond donors (Lipinski definition) is 0. The highest BCUT2D eigenvalue weighted by Gasteiger charge is 2.33. The van der Waals surface area contributed by atoms with E-state index in [9.17, 15) is 28.8 Å². The van der Waals surface area contributed by atoms with E-state index in [0.717, 1.165) is 38.5 Å². The Morgan fingerprint density at radius 1 is 0.568 bits per heavy atom. The number of rotatable bonds is 12. The van der Waals surface area contributed by atoms with Gasteiger partial charge in [-0.2, -0.15) is 0 Å². The number of carbonyl (C=O) groups excluding carboxylic acids is 6. The SMILES string of the molecule is CCCC1CC(=O)OC1=O.CCCCC1CC(=O)OC1=O.CCCCCC/C=C/CC1CC(=O)OC1=O. The summed E-state index contributed by atoms with van der Waals surface area (Å²) in [6, 6.07) is 0. The summed E-state index contributed by atoms with van der Waals surface area (Å²) in [5.74, 6) is -2.69. The molecule has 0 N–H and O–H groups in total. The van der Waals surface area contributed by atoms with E-state index in [4.69, 9.17) is 0 Å². The third kappa shape index (κ3) is 13.3. The second-order valence-corrected chi connectivity index (χ2v) is 9.57. The molecule has 0 amide bonds. The fraction of sp³-hybridized carbons (Fsp3) is 0.714. The smallest absolute Gasteiger partial charge is 0.317 e. The third-order valence-electron chi connectivity index (χ3n) is 6.24. The molecule has 0 aliphatic carbocycles. The first-order chi connectivity index (χ1) is 17.7. The number of ether oxygens (including phenoxy) is 3. The fourth-order valence-corrected chi connectivity index (χ4v) is 4.05. The highest BCUT2D eigenvalue weighted by atomic mass is 16.6. The van der Waals surface area contributed by atoms with Crippen molar-refractivity contribution in [3.63, 3.8) is 0 Å². The molecule has 0 spiro atoms. The van der Waals surface area contributed by atoms with Crippen LogP contribution in [0, 0.1) is 17.8 Å². The first-order valence-corrected chi connectivity index (χ1v) is 13.6. The number of hydrogen-bond acceptors (Lipinski definition) is 9. The first kappa shape index (κ1) is 32.2. The summed E-state index contributed by atoms with van der Waals surface area (Å²) >= 11 is 0. The summed E-state index contributed by atoms with van der Waals surface area (Å²) < 4.78 is 13.2. The van der Waals surface area contributed by atoms with Gasteiger partial charge < -0.3 is 14.2 Å². The molecule has 0 aromatic heterocycles. The molecule has 0 radical (unpaired) electrons. The van der Waals surface area contributed by atoms with Crippen LogP contribution in [0.15, 0.2) is 12.2 Å². The molecule has 0 aromatic rings. The van der Waals surface area contributed by atoms with Crippen molar-refractivity contribution in [3.05, 3.63) is 12.2 Å². The van der Waals surface area contributed by atoms with Crippen molar-refractivity contribution in [1.29, 1.82) is 0 Å². The van der Waals surface area contributed by atoms with Gasteiger partial charge in [0.2, 0.25) is 0 Å². The van der Waals surface area contributed by atoms with Crippen LogP contribution in [0.1, 0.15) is 111 Å². The second kappa shape index (κ2) is 18.4. The molecule has 3 rings (SSSR count). The van der Waals surface area contributed by atoms with Crippen molar-refractivity contribution in [3.8, 4) is 0 Å². The van der Waals surface area contributed by atoms with E-state index < -0.39 is 0 Å². The highest BCUT2D eigenvalue weighted by molar-refractivity contribution is 5.95. The molecule has 3 aliphatic heterocycles. The molecule has 0 saturated carbocycles. The predicted octanol–water partition coefficient (Wildman–Crippen LogP) is 5.14. The maximum Gasteiger partial charge on any atom is 0.317 e. The topological polar surface area (TPSA) is 130 Å². The van der Waals surface area contributed by atoms with E-state index in [1.807, 2.05) is 13.0 Å². The van der Waals surface area contributed by atoms with Crippen LogP contribution in [-0.2, 0) is 43.0 Å². The summed E-state index contributed by atoms with van der Waals surface area (Å²) in [7, 11) is 0. The van der Waals surface area contributed by atoms with Crippen molar-refractivity contribution in [2.75, 3.05) is 0 Å². The Bertz CT molecular complexity index is 814. The Labute approximate surface area is 219 Å². The lowest BCUT2D eigenvalue weighted by atomic mass is 10.0. The third-order valence-corrected chi connectivity index (χ3v) is 6.24. The molecule has 3 saturated heterocycles. The summed E-state index contributed by atoms with van der Waals surface area (Å²) in [5.41, 5.74) is 0. The molecule has 3 atom stereocenters. The fourth-order valence-electron chi connectivity index (χ4n) is 4.05. The summed E-state index contributed by atoms with van der Waals surface area (Å²) in [6.07, 6.45) is 16.2. The zero-order valence-electron chi connectivity index (χ0n) is 22.5. The van der Waals surface area contributed by atoms with E-state index in [-0.39, 0.29) is 66.4 Å². The molecule has 0 bridgehead atoms. The molecule has 3 aliphatic rings. The lowest BCUT2D eigenvalue weighted by Crippen LogP contribution is -2.06. The lowest BCUT2D eigenvalue weighted by molar-refractivity contribution is -0.155. The van der Waals surface area contributed by atoms with Crippen LogP contribution in [0.3, 0.4) is 0 Å². The molecule has 208 valence electrons. The number of carbonyl (C=O) groups is 6. The van der Waals surface area contributed by atoms with E-state index >= 15 is 0 Å².